The van der Waals surface area contributed by atoms with Gasteiger partial charge in [-0.3, -0.25) is 14.3 Å². The third kappa shape index (κ3) is 6.16. The van der Waals surface area contributed by atoms with E-state index in [4.69, 9.17) is 0 Å². The zero-order valence-corrected chi connectivity index (χ0v) is 19.0. The van der Waals surface area contributed by atoms with Crippen LogP contribution in [0.15, 0.2) is 42.6 Å². The van der Waals surface area contributed by atoms with Crippen LogP contribution in [-0.4, -0.2) is 52.0 Å². The van der Waals surface area contributed by atoms with Gasteiger partial charge in [-0.2, -0.15) is 18.3 Å². The van der Waals surface area contributed by atoms with Crippen molar-refractivity contribution >= 4 is 22.6 Å². The Bertz CT molecular complexity index is 1280. The van der Waals surface area contributed by atoms with E-state index in [9.17, 15) is 35.9 Å². The molecule has 4 rings (SSSR count). The van der Waals surface area contributed by atoms with Crippen LogP contribution < -0.4 is 4.74 Å². The Morgan fingerprint density at radius 3 is 2.33 bits per heavy atom. The third-order valence-corrected chi connectivity index (χ3v) is 5.86. The van der Waals surface area contributed by atoms with Crippen LogP contribution in [0, 0.1) is 12.8 Å². The van der Waals surface area contributed by atoms with Crippen LogP contribution in [0.4, 0.5) is 26.3 Å². The number of nitrogens with zero attached hydrogens (tertiary/aromatic N) is 3. The lowest BCUT2D eigenvalue weighted by Crippen LogP contribution is -2.51. The predicted molar refractivity (Wildman–Crippen MR) is 117 cm³/mol. The number of benzene rings is 2. The van der Waals surface area contributed by atoms with Gasteiger partial charge in [0.05, 0.1) is 11.9 Å². The highest BCUT2D eigenvalue weighted by atomic mass is 19.4. The number of alkyl halides is 6. The third-order valence-electron chi connectivity index (χ3n) is 5.86. The topological polar surface area (TPSA) is 64.4 Å². The molecule has 0 saturated carbocycles. The van der Waals surface area contributed by atoms with Crippen LogP contribution in [0.25, 0.3) is 10.9 Å². The maximum atomic E-state index is 12.6. The minimum Gasteiger partial charge on any atom is -0.406 e. The lowest BCUT2D eigenvalue weighted by Gasteiger charge is -2.39. The number of aromatic nitrogens is 2. The molecule has 1 aliphatic rings. The van der Waals surface area contributed by atoms with E-state index in [1.54, 1.807) is 34.8 Å². The van der Waals surface area contributed by atoms with Gasteiger partial charge in [0.1, 0.15) is 5.75 Å². The number of amides is 1. The van der Waals surface area contributed by atoms with Crippen LogP contribution >= 0.6 is 0 Å². The molecular weight excluding hydrogens is 492 g/mol. The number of carbonyl (C=O) groups is 2. The summed E-state index contributed by atoms with van der Waals surface area (Å²) < 4.78 is 79.7. The van der Waals surface area contributed by atoms with E-state index in [-0.39, 0.29) is 23.0 Å². The SMILES string of the molecule is Cc1cc2nn(CC3CN(C(=O)c4ccc(OC(F)(F)F)cc4)C3)cc2cc1C(=O)CCC(F)(F)F. The van der Waals surface area contributed by atoms with Crippen molar-refractivity contribution in [2.45, 2.75) is 38.8 Å². The van der Waals surface area contributed by atoms with Gasteiger partial charge in [0.15, 0.2) is 5.78 Å². The van der Waals surface area contributed by atoms with Crippen molar-refractivity contribution in [3.63, 3.8) is 0 Å². The molecule has 0 aliphatic carbocycles. The minimum absolute atomic E-state index is 0.0880. The van der Waals surface area contributed by atoms with E-state index in [1.807, 2.05) is 0 Å². The number of rotatable bonds is 7. The van der Waals surface area contributed by atoms with Crippen LogP contribution in [0.3, 0.4) is 0 Å². The molecule has 2 heterocycles. The molecule has 0 bridgehead atoms. The van der Waals surface area contributed by atoms with Gasteiger partial charge in [-0.15, -0.1) is 13.2 Å². The Morgan fingerprint density at radius 1 is 1.06 bits per heavy atom. The summed E-state index contributed by atoms with van der Waals surface area (Å²) in [5, 5.41) is 5.09. The van der Waals surface area contributed by atoms with E-state index in [0.717, 1.165) is 12.1 Å². The predicted octanol–water partition coefficient (Wildman–Crippen LogP) is 5.54. The largest absolute Gasteiger partial charge is 0.573 e. The summed E-state index contributed by atoms with van der Waals surface area (Å²) in [4.78, 5) is 26.4. The fraction of sp³-hybridized carbons (Fsp3) is 0.375. The van der Waals surface area contributed by atoms with Crippen LogP contribution in [0.1, 0.15) is 39.1 Å². The van der Waals surface area contributed by atoms with Crippen molar-refractivity contribution < 1.29 is 40.7 Å². The maximum absolute atomic E-state index is 12.6. The van der Waals surface area contributed by atoms with Crippen molar-refractivity contribution in [1.82, 2.24) is 14.7 Å². The lowest BCUT2D eigenvalue weighted by molar-refractivity contribution is -0.274. The van der Waals surface area contributed by atoms with Gasteiger partial charge in [0, 0.05) is 54.7 Å². The van der Waals surface area contributed by atoms with Gasteiger partial charge in [-0.1, -0.05) is 0 Å². The summed E-state index contributed by atoms with van der Waals surface area (Å²) in [7, 11) is 0. The molecule has 0 spiro atoms. The summed E-state index contributed by atoms with van der Waals surface area (Å²) in [5.74, 6) is -1.21. The second kappa shape index (κ2) is 9.47. The van der Waals surface area contributed by atoms with Gasteiger partial charge < -0.3 is 9.64 Å². The summed E-state index contributed by atoms with van der Waals surface area (Å²) in [6.45, 7) is 2.98. The molecule has 0 radical (unpaired) electrons. The first-order chi connectivity index (χ1) is 16.8. The number of aryl methyl sites for hydroxylation is 1. The van der Waals surface area contributed by atoms with Gasteiger partial charge >= 0.3 is 12.5 Å². The molecule has 1 amide bonds. The summed E-state index contributed by atoms with van der Waals surface area (Å²) in [5.41, 5.74) is 1.63. The Kier molecular flexibility index (Phi) is 6.72. The van der Waals surface area contributed by atoms with E-state index in [2.05, 4.69) is 9.84 Å². The normalized spacial score (nSPS) is 14.7. The lowest BCUT2D eigenvalue weighted by atomic mass is 9.98. The molecule has 1 aromatic heterocycles. The number of halogens is 6. The average Bonchev–Trinajstić information content (AvgIpc) is 3.13. The highest BCUT2D eigenvalue weighted by Gasteiger charge is 2.33. The van der Waals surface area contributed by atoms with E-state index >= 15 is 0 Å². The van der Waals surface area contributed by atoms with Gasteiger partial charge in [-0.25, -0.2) is 0 Å². The molecule has 36 heavy (non-hydrogen) atoms. The molecule has 0 atom stereocenters. The molecule has 1 saturated heterocycles. The summed E-state index contributed by atoms with van der Waals surface area (Å²) in [6, 6.07) is 7.92. The number of hydrogen-bond donors (Lipinski definition) is 0. The van der Waals surface area contributed by atoms with Crippen molar-refractivity contribution in [1.29, 1.82) is 0 Å². The fourth-order valence-electron chi connectivity index (χ4n) is 4.11. The number of ether oxygens (including phenoxy) is 1. The molecule has 6 nitrogen and oxygen atoms in total. The van der Waals surface area contributed by atoms with Crippen molar-refractivity contribution in [3.05, 3.63) is 59.3 Å². The Morgan fingerprint density at radius 2 is 1.72 bits per heavy atom. The molecule has 3 aromatic rings. The van der Waals surface area contributed by atoms with E-state index < -0.39 is 36.9 Å². The zero-order chi connectivity index (χ0) is 26.3. The maximum Gasteiger partial charge on any atom is 0.573 e. The zero-order valence-electron chi connectivity index (χ0n) is 19.0. The second-order valence-corrected chi connectivity index (χ2v) is 8.76. The molecule has 192 valence electrons. The van der Waals surface area contributed by atoms with Gasteiger partial charge in [-0.05, 0) is 48.9 Å². The number of ketones is 1. The first kappa shape index (κ1) is 25.5. The monoisotopic (exact) mass is 513 g/mol. The molecular formula is C24H21F6N3O3. The second-order valence-electron chi connectivity index (χ2n) is 8.76. The first-order valence-corrected chi connectivity index (χ1v) is 11.0. The number of likely N-dealkylation sites (tertiary alicyclic amines) is 1. The number of fused-ring (bicyclic) bond motifs is 1. The highest BCUT2D eigenvalue weighted by Crippen LogP contribution is 2.27. The van der Waals surface area contributed by atoms with Crippen molar-refractivity contribution in [2.24, 2.45) is 5.92 Å². The van der Waals surface area contributed by atoms with Crippen molar-refractivity contribution in [3.8, 4) is 5.75 Å². The van der Waals surface area contributed by atoms with Crippen LogP contribution in [-0.2, 0) is 6.54 Å². The Balaban J connectivity index is 1.34. The Hall–Kier alpha value is -3.57. The van der Waals surface area contributed by atoms with Crippen molar-refractivity contribution in [2.75, 3.05) is 13.1 Å². The summed E-state index contributed by atoms with van der Waals surface area (Å²) in [6.07, 6.45) is -9.30. The van der Waals surface area contributed by atoms with E-state index in [1.165, 1.54) is 12.1 Å². The Labute approximate surface area is 201 Å². The molecule has 12 heteroatoms. The first-order valence-electron chi connectivity index (χ1n) is 11.0. The van der Waals surface area contributed by atoms with Gasteiger partial charge in [0.25, 0.3) is 5.91 Å². The standard InChI is InChI=1S/C24H21F6N3O3/c1-14-8-20-17(9-19(14)21(34)6-7-23(25,26)27)13-33(31-20)12-15-10-32(11-15)22(35)16-2-4-18(5-3-16)36-24(28,29)30/h2-5,8-9,13,15H,6-7,10-12H2,1H3. The molecule has 1 aliphatic heterocycles. The molecule has 2 aromatic carbocycles. The number of carbonyl (C=O) groups excluding carboxylic acids is 2. The molecule has 1 fully saturated rings. The number of hydrogen-bond acceptors (Lipinski definition) is 4. The summed E-state index contributed by atoms with van der Waals surface area (Å²) >= 11 is 0. The highest BCUT2D eigenvalue weighted by molar-refractivity contribution is 6.01. The minimum atomic E-state index is -4.81. The number of Topliss-reactive ketones (excluding diaryl/α,β-unsaturated/α-hetero) is 1. The quantitative estimate of drug-likeness (QED) is 0.308. The van der Waals surface area contributed by atoms with Gasteiger partial charge in [0.2, 0.25) is 0 Å². The molecule has 0 unspecified atom stereocenters. The molecule has 0 N–H and O–H groups in total. The van der Waals surface area contributed by atoms with Crippen LogP contribution in [0.2, 0.25) is 0 Å². The average molecular weight is 513 g/mol. The van der Waals surface area contributed by atoms with E-state index in [0.29, 0.717) is 36.1 Å². The fourth-order valence-corrected chi connectivity index (χ4v) is 4.11. The smallest absolute Gasteiger partial charge is 0.406 e. The van der Waals surface area contributed by atoms with Crippen LogP contribution in [0.5, 0.6) is 5.75 Å².